The summed E-state index contributed by atoms with van der Waals surface area (Å²) in [5.74, 6) is 0.736. The number of anilines is 2. The fraction of sp³-hybridized carbons (Fsp3) is 0.214. The van der Waals surface area contributed by atoms with Crippen LogP contribution in [0.5, 0.6) is 11.5 Å². The van der Waals surface area contributed by atoms with Crippen LogP contribution in [0.4, 0.5) is 11.4 Å². The Morgan fingerprint density at radius 3 is 2.00 bits per heavy atom. The molecule has 35 heavy (non-hydrogen) atoms. The summed E-state index contributed by atoms with van der Waals surface area (Å²) in [5, 5.41) is 6.94. The van der Waals surface area contributed by atoms with Gasteiger partial charge in [0, 0.05) is 34.9 Å². The second kappa shape index (κ2) is 10.3. The van der Waals surface area contributed by atoms with Crippen molar-refractivity contribution in [1.29, 1.82) is 0 Å². The third-order valence-electron chi connectivity index (χ3n) is 5.84. The smallest absolute Gasteiger partial charge is 0.256 e. The molecule has 0 aliphatic rings. The summed E-state index contributed by atoms with van der Waals surface area (Å²) in [6.45, 7) is 4.17. The largest absolute Gasteiger partial charge is 0.493 e. The van der Waals surface area contributed by atoms with Gasteiger partial charge in [0.15, 0.2) is 11.5 Å². The molecule has 7 heteroatoms. The number of hydrogen-bond donors (Lipinski definition) is 2. The van der Waals surface area contributed by atoms with E-state index in [2.05, 4.69) is 10.6 Å². The Morgan fingerprint density at radius 1 is 0.829 bits per heavy atom. The first kappa shape index (κ1) is 23.9. The maximum atomic E-state index is 13.5. The normalized spacial score (nSPS) is 10.7. The minimum absolute atomic E-state index is 0.142. The number of carbonyl (C=O) groups is 1. The summed E-state index contributed by atoms with van der Waals surface area (Å²) in [7, 11) is 3.10. The van der Waals surface area contributed by atoms with Gasteiger partial charge in [-0.3, -0.25) is 14.2 Å². The Balaban J connectivity index is 1.72. The number of fused-ring (bicyclic) bond motifs is 1. The highest BCUT2D eigenvalue weighted by Crippen LogP contribution is 2.32. The maximum Gasteiger partial charge on any atom is 0.256 e. The maximum absolute atomic E-state index is 13.5. The van der Waals surface area contributed by atoms with E-state index < -0.39 is 0 Å². The van der Waals surface area contributed by atoms with Gasteiger partial charge in [0.05, 0.1) is 19.7 Å². The molecule has 2 N–H and O–H groups in total. The van der Waals surface area contributed by atoms with Crippen molar-refractivity contribution in [2.24, 2.45) is 0 Å². The number of amides is 1. The first-order valence-corrected chi connectivity index (χ1v) is 11.3. The number of benzene rings is 3. The molecule has 0 saturated carbocycles. The van der Waals surface area contributed by atoms with E-state index in [-0.39, 0.29) is 18.0 Å². The highest BCUT2D eigenvalue weighted by Gasteiger charge is 2.16. The van der Waals surface area contributed by atoms with Gasteiger partial charge in [0.25, 0.3) is 5.56 Å². The molecule has 7 nitrogen and oxygen atoms in total. The van der Waals surface area contributed by atoms with Gasteiger partial charge in [-0.1, -0.05) is 35.4 Å². The van der Waals surface area contributed by atoms with Crippen molar-refractivity contribution in [2.45, 2.75) is 26.9 Å². The van der Waals surface area contributed by atoms with Gasteiger partial charge in [-0.05, 0) is 50.2 Å². The highest BCUT2D eigenvalue weighted by molar-refractivity contribution is 5.92. The molecule has 0 spiro atoms. The van der Waals surface area contributed by atoms with Gasteiger partial charge < -0.3 is 20.1 Å². The number of nitrogens with zero attached hydrogens (tertiary/aromatic N) is 1. The molecule has 4 rings (SSSR count). The lowest BCUT2D eigenvalue weighted by atomic mass is 10.1. The predicted molar refractivity (Wildman–Crippen MR) is 140 cm³/mol. The van der Waals surface area contributed by atoms with Crippen molar-refractivity contribution in [2.75, 3.05) is 24.9 Å². The van der Waals surface area contributed by atoms with Crippen LogP contribution in [-0.2, 0) is 17.9 Å². The van der Waals surface area contributed by atoms with Gasteiger partial charge in [-0.2, -0.15) is 0 Å². The third-order valence-corrected chi connectivity index (χ3v) is 5.84. The molecular weight excluding hydrogens is 442 g/mol. The lowest BCUT2D eigenvalue weighted by molar-refractivity contribution is -0.116. The number of carbonyl (C=O) groups excluding carboxylic acids is 1. The van der Waals surface area contributed by atoms with Crippen LogP contribution in [0.1, 0.15) is 16.7 Å². The molecule has 0 saturated heterocycles. The van der Waals surface area contributed by atoms with Crippen LogP contribution >= 0.6 is 0 Å². The summed E-state index contributed by atoms with van der Waals surface area (Å²) >= 11 is 0. The number of aryl methyl sites for hydroxylation is 2. The zero-order chi connectivity index (χ0) is 24.9. The average molecular weight is 472 g/mol. The van der Waals surface area contributed by atoms with Crippen LogP contribution in [0, 0.1) is 13.8 Å². The van der Waals surface area contributed by atoms with Crippen LogP contribution in [-0.4, -0.2) is 24.7 Å². The lowest BCUT2D eigenvalue weighted by Gasteiger charge is -2.16. The van der Waals surface area contributed by atoms with Gasteiger partial charge in [0.2, 0.25) is 5.91 Å². The van der Waals surface area contributed by atoms with Crippen molar-refractivity contribution in [3.63, 3.8) is 0 Å². The molecule has 0 atom stereocenters. The van der Waals surface area contributed by atoms with E-state index in [0.29, 0.717) is 34.8 Å². The first-order valence-electron chi connectivity index (χ1n) is 11.3. The number of rotatable bonds is 8. The monoisotopic (exact) mass is 471 g/mol. The van der Waals surface area contributed by atoms with Crippen LogP contribution < -0.4 is 25.7 Å². The number of hydrogen-bond acceptors (Lipinski definition) is 5. The van der Waals surface area contributed by atoms with Crippen LogP contribution in [0.25, 0.3) is 10.9 Å². The molecule has 0 radical (unpaired) electrons. The summed E-state index contributed by atoms with van der Waals surface area (Å²) < 4.78 is 12.4. The molecule has 4 aromatic rings. The molecule has 1 aromatic heterocycles. The van der Waals surface area contributed by atoms with Gasteiger partial charge in [-0.15, -0.1) is 0 Å². The molecule has 0 fully saturated rings. The Bertz CT molecular complexity index is 1410. The number of nitrogens with one attached hydrogen (secondary N) is 2. The predicted octanol–water partition coefficient (Wildman–Crippen LogP) is 4.89. The standard InChI is InChI=1S/C28H29N3O4/c1-18-5-9-22(10-6-18)29-16-21-13-20-14-25(34-3)26(35-4)15-24(20)31(28(21)33)17-27(32)30-23-11-7-19(2)8-12-23/h5-15,29H,16-17H2,1-4H3,(H,30,32). The summed E-state index contributed by atoms with van der Waals surface area (Å²) in [4.78, 5) is 26.4. The molecule has 0 unspecified atom stereocenters. The van der Waals surface area contributed by atoms with E-state index in [4.69, 9.17) is 9.47 Å². The van der Waals surface area contributed by atoms with E-state index in [1.807, 2.05) is 74.5 Å². The molecular formula is C28H29N3O4. The Hall–Kier alpha value is -4.26. The molecule has 0 aliphatic heterocycles. The topological polar surface area (TPSA) is 81.6 Å². The van der Waals surface area contributed by atoms with Crippen molar-refractivity contribution >= 4 is 28.2 Å². The van der Waals surface area contributed by atoms with Crippen molar-refractivity contribution in [3.05, 3.63) is 93.8 Å². The van der Waals surface area contributed by atoms with E-state index in [9.17, 15) is 9.59 Å². The van der Waals surface area contributed by atoms with E-state index in [1.54, 1.807) is 13.2 Å². The lowest BCUT2D eigenvalue weighted by Crippen LogP contribution is -2.30. The molecule has 3 aromatic carbocycles. The Labute approximate surface area is 204 Å². The molecule has 1 amide bonds. The van der Waals surface area contributed by atoms with E-state index in [1.165, 1.54) is 11.7 Å². The van der Waals surface area contributed by atoms with Gasteiger partial charge in [-0.25, -0.2) is 0 Å². The van der Waals surface area contributed by atoms with Crippen LogP contribution in [0.15, 0.2) is 71.5 Å². The minimum Gasteiger partial charge on any atom is -0.493 e. The average Bonchev–Trinajstić information content (AvgIpc) is 2.86. The zero-order valence-corrected chi connectivity index (χ0v) is 20.3. The summed E-state index contributed by atoms with van der Waals surface area (Å²) in [5.41, 5.74) is 4.72. The number of aromatic nitrogens is 1. The molecule has 0 bridgehead atoms. The molecule has 1 heterocycles. The van der Waals surface area contributed by atoms with Crippen molar-refractivity contribution < 1.29 is 14.3 Å². The number of ether oxygens (including phenoxy) is 2. The SMILES string of the molecule is COc1cc2cc(CNc3ccc(C)cc3)c(=O)n(CC(=O)Nc3ccc(C)cc3)c2cc1OC. The zero-order valence-electron chi connectivity index (χ0n) is 20.3. The van der Waals surface area contributed by atoms with E-state index in [0.717, 1.165) is 22.2 Å². The third kappa shape index (κ3) is 5.46. The Kier molecular flexibility index (Phi) is 7.06. The minimum atomic E-state index is -0.296. The quantitative estimate of drug-likeness (QED) is 0.383. The van der Waals surface area contributed by atoms with Crippen molar-refractivity contribution in [3.8, 4) is 11.5 Å². The fourth-order valence-electron chi connectivity index (χ4n) is 3.90. The highest BCUT2D eigenvalue weighted by atomic mass is 16.5. The van der Waals surface area contributed by atoms with Crippen LogP contribution in [0.2, 0.25) is 0 Å². The fourth-order valence-corrected chi connectivity index (χ4v) is 3.90. The molecule has 0 aliphatic carbocycles. The number of pyridine rings is 1. The Morgan fingerprint density at radius 2 is 1.40 bits per heavy atom. The summed E-state index contributed by atoms with van der Waals surface area (Å²) in [6.07, 6.45) is 0. The molecule has 180 valence electrons. The van der Waals surface area contributed by atoms with Gasteiger partial charge >= 0.3 is 0 Å². The summed E-state index contributed by atoms with van der Waals surface area (Å²) in [6, 6.07) is 20.8. The van der Waals surface area contributed by atoms with Gasteiger partial charge in [0.1, 0.15) is 6.54 Å². The van der Waals surface area contributed by atoms with Crippen LogP contribution in [0.3, 0.4) is 0 Å². The number of methoxy groups -OCH3 is 2. The van der Waals surface area contributed by atoms with E-state index >= 15 is 0 Å². The van der Waals surface area contributed by atoms with Crippen molar-refractivity contribution in [1.82, 2.24) is 4.57 Å². The second-order valence-corrected chi connectivity index (χ2v) is 8.46. The second-order valence-electron chi connectivity index (χ2n) is 8.46. The first-order chi connectivity index (χ1) is 16.9.